The number of nitrogens with one attached hydrogen (secondary N) is 1. The predicted molar refractivity (Wildman–Crippen MR) is 127 cm³/mol. The molecule has 0 saturated carbocycles. The number of likely N-dealkylation sites (tertiary alicyclic amines) is 1. The zero-order valence-electron chi connectivity index (χ0n) is 19.9. The predicted octanol–water partition coefficient (Wildman–Crippen LogP) is 1.86. The zero-order valence-corrected chi connectivity index (χ0v) is 19.9. The fourth-order valence-electron chi connectivity index (χ4n) is 4.85. The molecule has 2 heterocycles. The second-order valence-electron chi connectivity index (χ2n) is 9.81. The molecule has 2 atom stereocenters. The third-order valence-corrected chi connectivity index (χ3v) is 6.73. The van der Waals surface area contributed by atoms with Crippen LogP contribution in [-0.2, 0) is 20.8 Å². The molecule has 4 rings (SSSR count). The van der Waals surface area contributed by atoms with Gasteiger partial charge in [-0.3, -0.25) is 9.69 Å². The molecule has 3 aliphatic rings. The van der Waals surface area contributed by atoms with Gasteiger partial charge < -0.3 is 19.7 Å². The molecule has 8 heteroatoms. The number of fused-ring (bicyclic) bond motifs is 1. The van der Waals surface area contributed by atoms with Crippen LogP contribution in [0.5, 0.6) is 0 Å². The highest BCUT2D eigenvalue weighted by Gasteiger charge is 2.35. The molecule has 2 N–H and O–H groups in total. The molecule has 1 amide bonds. The number of hydrogen-bond acceptors (Lipinski definition) is 6. The standard InChI is InChI=1S/C25H33BN2O5/c1-16(2)22(27-23(29)20-8-7-19-15-32-26(31)21(19)17(20)3)24(30)33-25(4)10-9-18(13-25)14-28-11-5-6-12-28/h7-10,13,16,22,31H,5-6,11-12,14-15H2,1-4H3,(H,27,29)/t22-,25?/m0/s1. The number of carbonyl (C=O) groups is 2. The number of ether oxygens (including phenoxy) is 1. The first kappa shape index (κ1) is 23.7. The van der Waals surface area contributed by atoms with Gasteiger partial charge in [0.1, 0.15) is 11.6 Å². The molecule has 2 aliphatic heterocycles. The van der Waals surface area contributed by atoms with Crippen molar-refractivity contribution in [2.75, 3.05) is 19.6 Å². The van der Waals surface area contributed by atoms with E-state index in [0.29, 0.717) is 23.2 Å². The molecule has 0 spiro atoms. The summed E-state index contributed by atoms with van der Waals surface area (Å²) in [5, 5.41) is 12.9. The Morgan fingerprint density at radius 2 is 2.03 bits per heavy atom. The van der Waals surface area contributed by atoms with Crippen LogP contribution >= 0.6 is 0 Å². The van der Waals surface area contributed by atoms with Crippen LogP contribution in [0.1, 0.15) is 55.1 Å². The first-order valence-corrected chi connectivity index (χ1v) is 11.8. The molecular weight excluding hydrogens is 419 g/mol. The Labute approximate surface area is 196 Å². The van der Waals surface area contributed by atoms with Crippen molar-refractivity contribution in [2.45, 2.75) is 58.8 Å². The smallest absolute Gasteiger partial charge is 0.449 e. The third-order valence-electron chi connectivity index (χ3n) is 6.73. The summed E-state index contributed by atoms with van der Waals surface area (Å²) in [5.41, 5.74) is 2.89. The van der Waals surface area contributed by atoms with Gasteiger partial charge in [0, 0.05) is 12.1 Å². The molecule has 1 saturated heterocycles. The second-order valence-corrected chi connectivity index (χ2v) is 9.81. The van der Waals surface area contributed by atoms with E-state index in [9.17, 15) is 14.6 Å². The molecule has 1 unspecified atom stereocenters. The highest BCUT2D eigenvalue weighted by atomic mass is 16.6. The maximum absolute atomic E-state index is 13.1. The van der Waals surface area contributed by atoms with Crippen LogP contribution in [0.2, 0.25) is 0 Å². The molecule has 0 bridgehead atoms. The van der Waals surface area contributed by atoms with E-state index in [2.05, 4.69) is 10.2 Å². The summed E-state index contributed by atoms with van der Waals surface area (Å²) in [5.74, 6) is -0.999. The third kappa shape index (κ3) is 5.08. The van der Waals surface area contributed by atoms with Gasteiger partial charge in [-0.05, 0) is 86.1 Å². The van der Waals surface area contributed by atoms with Gasteiger partial charge in [-0.15, -0.1) is 0 Å². The van der Waals surface area contributed by atoms with E-state index in [4.69, 9.17) is 9.39 Å². The van der Waals surface area contributed by atoms with Gasteiger partial charge in [-0.2, -0.15) is 0 Å². The van der Waals surface area contributed by atoms with Crippen LogP contribution in [0.25, 0.3) is 0 Å². The minimum absolute atomic E-state index is 0.160. The van der Waals surface area contributed by atoms with Gasteiger partial charge >= 0.3 is 13.1 Å². The van der Waals surface area contributed by atoms with Crippen molar-refractivity contribution in [1.82, 2.24) is 10.2 Å². The topological polar surface area (TPSA) is 88.1 Å². The lowest BCUT2D eigenvalue weighted by atomic mass is 9.75. The van der Waals surface area contributed by atoms with E-state index in [1.54, 1.807) is 19.1 Å². The summed E-state index contributed by atoms with van der Waals surface area (Å²) in [7, 11) is -1.03. The number of benzene rings is 1. The van der Waals surface area contributed by atoms with Crippen molar-refractivity contribution in [2.24, 2.45) is 5.92 Å². The van der Waals surface area contributed by atoms with Gasteiger partial charge in [-0.1, -0.05) is 26.0 Å². The van der Waals surface area contributed by atoms with Crippen molar-refractivity contribution < 1.29 is 24.0 Å². The molecule has 1 aliphatic carbocycles. The lowest BCUT2D eigenvalue weighted by Crippen LogP contribution is -2.48. The van der Waals surface area contributed by atoms with E-state index >= 15 is 0 Å². The molecule has 0 radical (unpaired) electrons. The minimum atomic E-state index is -1.03. The molecule has 1 aromatic carbocycles. The van der Waals surface area contributed by atoms with Crippen molar-refractivity contribution in [3.05, 3.63) is 52.6 Å². The van der Waals surface area contributed by atoms with Crippen LogP contribution in [0.4, 0.5) is 0 Å². The summed E-state index contributed by atoms with van der Waals surface area (Å²) in [6.45, 7) is 10.8. The van der Waals surface area contributed by atoms with Crippen LogP contribution < -0.4 is 10.8 Å². The fourth-order valence-corrected chi connectivity index (χ4v) is 4.85. The Bertz CT molecular complexity index is 999. The van der Waals surface area contributed by atoms with Gasteiger partial charge in [0.25, 0.3) is 5.91 Å². The Hall–Kier alpha value is -2.42. The molecule has 0 aromatic heterocycles. The summed E-state index contributed by atoms with van der Waals surface area (Å²) in [4.78, 5) is 28.6. The lowest BCUT2D eigenvalue weighted by molar-refractivity contribution is -0.154. The van der Waals surface area contributed by atoms with Crippen molar-refractivity contribution >= 4 is 24.5 Å². The number of hydrogen-bond donors (Lipinski definition) is 2. The fraction of sp³-hybridized carbons (Fsp3) is 0.520. The van der Waals surface area contributed by atoms with E-state index < -0.39 is 24.7 Å². The SMILES string of the molecule is Cc1c(C(=O)N[C@H](C(=O)OC2(C)C=CC(CN3CCCC3)=C2)C(C)C)ccc2c1B(O)OC2. The highest BCUT2D eigenvalue weighted by molar-refractivity contribution is 6.62. The van der Waals surface area contributed by atoms with Crippen molar-refractivity contribution in [3.63, 3.8) is 0 Å². The Balaban J connectivity index is 1.44. The quantitative estimate of drug-likeness (QED) is 0.485. The highest BCUT2D eigenvalue weighted by Crippen LogP contribution is 2.27. The molecule has 176 valence electrons. The molecular formula is C25H33BN2O5. The number of nitrogens with zero attached hydrogens (tertiary/aromatic N) is 1. The van der Waals surface area contributed by atoms with Crippen LogP contribution in [-0.4, -0.2) is 60.2 Å². The molecule has 1 fully saturated rings. The molecule has 1 aromatic rings. The average molecular weight is 452 g/mol. The van der Waals surface area contributed by atoms with Gasteiger partial charge in [-0.25, -0.2) is 4.79 Å². The zero-order chi connectivity index (χ0) is 23.8. The van der Waals surface area contributed by atoms with Crippen LogP contribution in [0.3, 0.4) is 0 Å². The summed E-state index contributed by atoms with van der Waals surface area (Å²) in [6, 6.07) is 2.70. The summed E-state index contributed by atoms with van der Waals surface area (Å²) >= 11 is 0. The van der Waals surface area contributed by atoms with E-state index in [0.717, 1.165) is 30.8 Å². The Morgan fingerprint density at radius 3 is 2.73 bits per heavy atom. The first-order chi connectivity index (χ1) is 15.7. The number of rotatable bonds is 7. The number of amides is 1. The van der Waals surface area contributed by atoms with Gasteiger partial charge in [0.2, 0.25) is 0 Å². The monoisotopic (exact) mass is 452 g/mol. The van der Waals surface area contributed by atoms with Crippen molar-refractivity contribution in [3.8, 4) is 0 Å². The summed E-state index contributed by atoms with van der Waals surface area (Å²) in [6.07, 6.45) is 8.38. The van der Waals surface area contributed by atoms with Gasteiger partial charge in [0.15, 0.2) is 0 Å². The lowest BCUT2D eigenvalue weighted by Gasteiger charge is -2.27. The van der Waals surface area contributed by atoms with E-state index in [1.165, 1.54) is 12.8 Å². The Morgan fingerprint density at radius 1 is 1.30 bits per heavy atom. The average Bonchev–Trinajstić information content (AvgIpc) is 3.48. The maximum atomic E-state index is 13.1. The summed E-state index contributed by atoms with van der Waals surface area (Å²) < 4.78 is 11.1. The van der Waals surface area contributed by atoms with Crippen LogP contribution in [0, 0.1) is 12.8 Å². The van der Waals surface area contributed by atoms with E-state index in [-0.39, 0.29) is 11.8 Å². The number of esters is 1. The molecule has 7 nitrogen and oxygen atoms in total. The van der Waals surface area contributed by atoms with Crippen molar-refractivity contribution in [1.29, 1.82) is 0 Å². The van der Waals surface area contributed by atoms with E-state index in [1.807, 2.05) is 39.0 Å². The van der Waals surface area contributed by atoms with Crippen LogP contribution in [0.15, 0.2) is 35.9 Å². The largest absolute Gasteiger partial charge is 0.492 e. The van der Waals surface area contributed by atoms with Gasteiger partial charge in [0.05, 0.1) is 6.61 Å². The molecule has 33 heavy (non-hydrogen) atoms. The number of carbonyl (C=O) groups excluding carboxylic acids is 2. The normalized spacial score (nSPS) is 23.1. The first-order valence-electron chi connectivity index (χ1n) is 11.8. The second kappa shape index (κ2) is 9.45. The minimum Gasteiger partial charge on any atom is -0.449 e. The Kier molecular flexibility index (Phi) is 6.79. The maximum Gasteiger partial charge on any atom is 0.492 e.